The van der Waals surface area contributed by atoms with Gasteiger partial charge in [0.25, 0.3) is 0 Å². The molecular weight excluding hydrogens is 392 g/mol. The maximum Gasteiger partial charge on any atom is 0.163 e. The normalized spacial score (nSPS) is 40.0. The number of hydrogen-bond donors (Lipinski definition) is 2. The maximum atomic E-state index is 13.3. The Morgan fingerprint density at radius 1 is 1.32 bits per heavy atom. The van der Waals surface area contributed by atoms with E-state index in [0.29, 0.717) is 0 Å². The van der Waals surface area contributed by atoms with Gasteiger partial charge < -0.3 is 20.0 Å². The Morgan fingerprint density at radius 3 is 2.74 bits per heavy atom. The largest absolute Gasteiger partial charge is 0.497 e. The minimum Gasteiger partial charge on any atom is -0.497 e. The predicted octanol–water partition coefficient (Wildman–Crippen LogP) is 2.70. The number of benzene rings is 1. The Hall–Kier alpha value is -2.18. The molecule has 3 heterocycles. The molecule has 3 unspecified atom stereocenters. The highest BCUT2D eigenvalue weighted by Gasteiger charge is 2.76. The number of methoxy groups -OCH3 is 1. The number of aliphatic hydroxyl groups is 1. The van der Waals surface area contributed by atoms with Crippen molar-refractivity contribution in [1.29, 1.82) is 0 Å². The van der Waals surface area contributed by atoms with Crippen LogP contribution in [0.25, 0.3) is 0 Å². The van der Waals surface area contributed by atoms with E-state index < -0.39 is 28.4 Å². The molecule has 1 saturated carbocycles. The topological polar surface area (TPSA) is 78.9 Å². The highest BCUT2D eigenvalue weighted by Crippen LogP contribution is 2.67. The number of carbonyl (C=O) groups excluding carboxylic acids is 2. The second kappa shape index (κ2) is 6.66. The zero-order valence-corrected chi connectivity index (χ0v) is 18.8. The van der Waals surface area contributed by atoms with Gasteiger partial charge in [0.1, 0.15) is 17.1 Å². The fourth-order valence-corrected chi connectivity index (χ4v) is 7.69. The van der Waals surface area contributed by atoms with Crippen LogP contribution < -0.4 is 10.1 Å². The molecule has 0 amide bonds. The lowest BCUT2D eigenvalue weighted by molar-refractivity contribution is -0.177. The molecule has 6 atom stereocenters. The van der Waals surface area contributed by atoms with Crippen molar-refractivity contribution in [1.82, 2.24) is 4.90 Å². The van der Waals surface area contributed by atoms with Gasteiger partial charge >= 0.3 is 0 Å². The molecule has 0 aromatic heterocycles. The molecule has 0 bridgehead atoms. The fraction of sp³-hybridized carbons (Fsp3) is 0.600. The van der Waals surface area contributed by atoms with Crippen LogP contribution in [0.1, 0.15) is 45.6 Å². The van der Waals surface area contributed by atoms with Gasteiger partial charge in [-0.1, -0.05) is 25.1 Å². The first-order valence-corrected chi connectivity index (χ1v) is 11.3. The van der Waals surface area contributed by atoms with Crippen molar-refractivity contribution in [3.63, 3.8) is 0 Å². The van der Waals surface area contributed by atoms with Crippen LogP contribution in [0, 0.1) is 11.3 Å². The van der Waals surface area contributed by atoms with E-state index in [0.717, 1.165) is 42.9 Å². The number of nitrogens with one attached hydrogen (secondary N) is 1. The average Bonchev–Trinajstić information content (AvgIpc) is 3.30. The zero-order chi connectivity index (χ0) is 22.2. The number of rotatable bonds is 5. The third-order valence-electron chi connectivity index (χ3n) is 8.77. The first-order valence-electron chi connectivity index (χ1n) is 11.3. The summed E-state index contributed by atoms with van der Waals surface area (Å²) >= 11 is 0. The molecule has 1 aliphatic carbocycles. The Labute approximate surface area is 183 Å². The summed E-state index contributed by atoms with van der Waals surface area (Å²) < 4.78 is 5.45. The van der Waals surface area contributed by atoms with Crippen LogP contribution >= 0.6 is 0 Å². The summed E-state index contributed by atoms with van der Waals surface area (Å²) in [6.07, 6.45) is 6.20. The molecule has 3 aliphatic heterocycles. The number of carbonyl (C=O) groups is 2. The minimum absolute atomic E-state index is 0.00528. The molecule has 1 aromatic carbocycles. The van der Waals surface area contributed by atoms with Crippen molar-refractivity contribution >= 4 is 17.3 Å². The summed E-state index contributed by atoms with van der Waals surface area (Å²) in [4.78, 5) is 28.2. The number of anilines is 1. The van der Waals surface area contributed by atoms with Crippen LogP contribution in [0.3, 0.4) is 0 Å². The minimum atomic E-state index is -1.65. The van der Waals surface area contributed by atoms with Crippen LogP contribution in [0.2, 0.25) is 0 Å². The number of ketones is 2. The highest BCUT2D eigenvalue weighted by atomic mass is 16.5. The van der Waals surface area contributed by atoms with Crippen LogP contribution in [0.5, 0.6) is 5.75 Å². The van der Waals surface area contributed by atoms with Gasteiger partial charge in [-0.2, -0.15) is 0 Å². The monoisotopic (exact) mass is 424 g/mol. The van der Waals surface area contributed by atoms with Crippen LogP contribution in [-0.2, 0) is 15.0 Å². The van der Waals surface area contributed by atoms with Crippen LogP contribution in [0.15, 0.2) is 30.4 Å². The smallest absolute Gasteiger partial charge is 0.163 e. The van der Waals surface area contributed by atoms with E-state index in [2.05, 4.69) is 35.4 Å². The standard InChI is InChI=1S/C25H32N2O4/c1-5-23-9-6-11-27-12-10-24(22(23)27)18-8-7-17(31-4)14-19(18)26-21(24)25(30,16(3)29)20(23)13-15(2)28/h6-9,14,20-22,26,30H,5,10-13H2,1-4H3/t20-,21-,22?,23?,24?,25-/m1/s1. The van der Waals surface area contributed by atoms with Crippen LogP contribution in [-0.4, -0.2) is 59.5 Å². The Morgan fingerprint density at radius 2 is 2.10 bits per heavy atom. The molecule has 1 saturated heterocycles. The highest BCUT2D eigenvalue weighted by molar-refractivity contribution is 5.90. The molecule has 1 aromatic rings. The van der Waals surface area contributed by atoms with E-state index >= 15 is 0 Å². The van der Waals surface area contributed by atoms with Crippen molar-refractivity contribution in [3.8, 4) is 5.75 Å². The molecule has 1 spiro atoms. The van der Waals surface area contributed by atoms with Gasteiger partial charge in [-0.25, -0.2) is 0 Å². The number of hydrogen-bond acceptors (Lipinski definition) is 6. The van der Waals surface area contributed by atoms with E-state index in [9.17, 15) is 14.7 Å². The molecule has 6 nitrogen and oxygen atoms in total. The van der Waals surface area contributed by atoms with Gasteiger partial charge in [-0.3, -0.25) is 9.69 Å². The maximum absolute atomic E-state index is 13.3. The third kappa shape index (κ3) is 2.35. The summed E-state index contributed by atoms with van der Waals surface area (Å²) in [6, 6.07) is 5.69. The molecule has 5 rings (SSSR count). The number of fused-ring (bicyclic) bond motifs is 1. The lowest BCUT2D eigenvalue weighted by atomic mass is 9.44. The van der Waals surface area contributed by atoms with Crippen molar-refractivity contribution < 1.29 is 19.4 Å². The molecule has 31 heavy (non-hydrogen) atoms. The Balaban J connectivity index is 1.82. The van der Waals surface area contributed by atoms with E-state index in [1.165, 1.54) is 6.92 Å². The Bertz CT molecular complexity index is 990. The van der Waals surface area contributed by atoms with Crippen molar-refractivity contribution in [2.45, 2.75) is 63.1 Å². The summed E-state index contributed by atoms with van der Waals surface area (Å²) in [5.74, 6) is 0.00173. The van der Waals surface area contributed by atoms with Gasteiger partial charge in [-0.05, 0) is 44.9 Å². The second-order valence-corrected chi connectivity index (χ2v) is 9.89. The summed E-state index contributed by atoms with van der Waals surface area (Å²) in [5.41, 5.74) is -0.438. The quantitative estimate of drug-likeness (QED) is 0.708. The lowest BCUT2D eigenvalue weighted by Crippen LogP contribution is -2.77. The van der Waals surface area contributed by atoms with Crippen LogP contribution in [0.4, 0.5) is 5.69 Å². The van der Waals surface area contributed by atoms with E-state index in [1.54, 1.807) is 14.0 Å². The fourth-order valence-electron chi connectivity index (χ4n) is 7.69. The first-order chi connectivity index (χ1) is 14.8. The average molecular weight is 425 g/mol. The summed E-state index contributed by atoms with van der Waals surface area (Å²) in [6.45, 7) is 6.94. The number of nitrogens with zero attached hydrogens (tertiary/aromatic N) is 1. The predicted molar refractivity (Wildman–Crippen MR) is 118 cm³/mol. The van der Waals surface area contributed by atoms with E-state index in [-0.39, 0.29) is 24.0 Å². The molecule has 166 valence electrons. The number of ether oxygens (including phenoxy) is 1. The SMILES string of the molecule is CCC12C=CCN3CCC4(c5ccc(OC)cc5N[C@H]4[C@@](O)(C(C)=O)[C@@H]1CC(C)=O)C32. The Kier molecular flexibility index (Phi) is 4.45. The number of Topliss-reactive ketones (excluding diaryl/α,β-unsaturated/α-hetero) is 2. The second-order valence-electron chi connectivity index (χ2n) is 9.89. The molecular formula is C25H32N2O4. The zero-order valence-electron chi connectivity index (χ0n) is 18.8. The lowest BCUT2D eigenvalue weighted by Gasteiger charge is -2.64. The van der Waals surface area contributed by atoms with Gasteiger partial charge in [0, 0.05) is 47.5 Å². The van der Waals surface area contributed by atoms with E-state index in [1.807, 2.05) is 12.1 Å². The molecule has 2 N–H and O–H groups in total. The van der Waals surface area contributed by atoms with E-state index in [4.69, 9.17) is 4.74 Å². The molecule has 2 fully saturated rings. The summed E-state index contributed by atoms with van der Waals surface area (Å²) in [7, 11) is 1.64. The van der Waals surface area contributed by atoms with Crippen molar-refractivity contribution in [3.05, 3.63) is 35.9 Å². The van der Waals surface area contributed by atoms with Crippen molar-refractivity contribution in [2.24, 2.45) is 11.3 Å². The van der Waals surface area contributed by atoms with Crippen molar-refractivity contribution in [2.75, 3.05) is 25.5 Å². The van der Waals surface area contributed by atoms with Gasteiger partial charge in [0.2, 0.25) is 0 Å². The summed E-state index contributed by atoms with van der Waals surface area (Å²) in [5, 5.41) is 15.9. The third-order valence-corrected chi connectivity index (χ3v) is 8.77. The van der Waals surface area contributed by atoms with Gasteiger partial charge in [0.15, 0.2) is 5.78 Å². The van der Waals surface area contributed by atoms with Gasteiger partial charge in [0.05, 0.1) is 13.2 Å². The molecule has 4 aliphatic rings. The van der Waals surface area contributed by atoms with Gasteiger partial charge in [-0.15, -0.1) is 0 Å². The molecule has 6 heteroatoms. The first kappa shape index (κ1) is 20.7. The molecule has 0 radical (unpaired) electrons.